The molecule has 0 saturated heterocycles. The van der Waals surface area contributed by atoms with Crippen molar-refractivity contribution in [2.75, 3.05) is 11.9 Å². The van der Waals surface area contributed by atoms with Crippen LogP contribution in [0.2, 0.25) is 0 Å². The Morgan fingerprint density at radius 3 is 2.70 bits per heavy atom. The van der Waals surface area contributed by atoms with E-state index in [1.165, 1.54) is 6.42 Å². The summed E-state index contributed by atoms with van der Waals surface area (Å²) in [5, 5.41) is 6.13. The first-order chi connectivity index (χ1) is 9.40. The first kappa shape index (κ1) is 16.3. The molecule has 112 valence electrons. The molecule has 0 saturated carbocycles. The molecule has 0 radical (unpaired) electrons. The molecule has 0 aromatic heterocycles. The predicted octanol–water partition coefficient (Wildman–Crippen LogP) is 3.92. The van der Waals surface area contributed by atoms with Gasteiger partial charge in [-0.05, 0) is 44.9 Å². The second-order valence-corrected chi connectivity index (χ2v) is 5.84. The maximum absolute atomic E-state index is 11.6. The number of carbonyl (C=O) groups excluding carboxylic acids is 1. The highest BCUT2D eigenvalue weighted by molar-refractivity contribution is 5.67. The van der Waals surface area contributed by atoms with Crippen LogP contribution in [0.3, 0.4) is 0 Å². The molecule has 4 heteroatoms. The third-order valence-electron chi connectivity index (χ3n) is 2.62. The number of carbonyl (C=O) groups is 1. The second kappa shape index (κ2) is 7.78. The van der Waals surface area contributed by atoms with Gasteiger partial charge in [0.05, 0.1) is 0 Å². The molecule has 0 aliphatic rings. The van der Waals surface area contributed by atoms with Crippen LogP contribution in [0.1, 0.15) is 46.1 Å². The largest absolute Gasteiger partial charge is 0.444 e. The van der Waals surface area contributed by atoms with E-state index < -0.39 is 5.60 Å². The maximum Gasteiger partial charge on any atom is 0.407 e. The molecular formula is C16H26N2O2. The average Bonchev–Trinajstić information content (AvgIpc) is 2.35. The Hall–Kier alpha value is -1.71. The average molecular weight is 278 g/mol. The molecule has 4 nitrogen and oxygen atoms in total. The lowest BCUT2D eigenvalue weighted by molar-refractivity contribution is 0.0523. The van der Waals surface area contributed by atoms with Crippen LogP contribution in [0, 0.1) is 0 Å². The van der Waals surface area contributed by atoms with E-state index in [0.717, 1.165) is 24.2 Å². The van der Waals surface area contributed by atoms with Gasteiger partial charge < -0.3 is 15.4 Å². The van der Waals surface area contributed by atoms with E-state index in [1.807, 2.05) is 45.0 Å². The Kier molecular flexibility index (Phi) is 6.36. The molecule has 1 aromatic rings. The van der Waals surface area contributed by atoms with Crippen molar-refractivity contribution >= 4 is 11.8 Å². The van der Waals surface area contributed by atoms with Crippen molar-refractivity contribution < 1.29 is 9.53 Å². The highest BCUT2D eigenvalue weighted by Gasteiger charge is 2.15. The zero-order valence-corrected chi connectivity index (χ0v) is 13.0. The molecule has 1 rings (SSSR count). The normalized spacial score (nSPS) is 11.0. The van der Waals surface area contributed by atoms with Gasteiger partial charge in [-0.2, -0.15) is 0 Å². The van der Waals surface area contributed by atoms with Crippen molar-refractivity contribution in [3.05, 3.63) is 29.8 Å². The Labute approximate surface area is 121 Å². The van der Waals surface area contributed by atoms with E-state index in [9.17, 15) is 4.79 Å². The summed E-state index contributed by atoms with van der Waals surface area (Å²) in [5.74, 6) is 0. The van der Waals surface area contributed by atoms with Crippen LogP contribution >= 0.6 is 0 Å². The fraction of sp³-hybridized carbons (Fsp3) is 0.562. The molecule has 0 aliphatic heterocycles. The molecule has 1 amide bonds. The number of amides is 1. The van der Waals surface area contributed by atoms with Crippen molar-refractivity contribution in [1.82, 2.24) is 5.32 Å². The van der Waals surface area contributed by atoms with Gasteiger partial charge in [-0.25, -0.2) is 4.79 Å². The zero-order chi connectivity index (χ0) is 15.0. The van der Waals surface area contributed by atoms with Gasteiger partial charge in [-0.15, -0.1) is 0 Å². The summed E-state index contributed by atoms with van der Waals surface area (Å²) in [4.78, 5) is 11.6. The molecule has 2 N–H and O–H groups in total. The zero-order valence-electron chi connectivity index (χ0n) is 13.0. The predicted molar refractivity (Wildman–Crippen MR) is 82.9 cm³/mol. The molecule has 0 spiro atoms. The van der Waals surface area contributed by atoms with Crippen molar-refractivity contribution in [1.29, 1.82) is 0 Å². The lowest BCUT2D eigenvalue weighted by Gasteiger charge is -2.19. The Morgan fingerprint density at radius 1 is 1.30 bits per heavy atom. The fourth-order valence-electron chi connectivity index (χ4n) is 1.69. The molecule has 1 aromatic carbocycles. The van der Waals surface area contributed by atoms with Crippen LogP contribution in [-0.4, -0.2) is 18.2 Å². The van der Waals surface area contributed by atoms with E-state index >= 15 is 0 Å². The SMILES string of the molecule is CCCCNc1cccc(CNC(=O)OC(C)(C)C)c1. The molecule has 0 atom stereocenters. The summed E-state index contributed by atoms with van der Waals surface area (Å²) in [6.45, 7) is 9.17. The Balaban J connectivity index is 2.44. The first-order valence-electron chi connectivity index (χ1n) is 7.20. The van der Waals surface area contributed by atoms with Crippen molar-refractivity contribution in [2.24, 2.45) is 0 Å². The van der Waals surface area contributed by atoms with E-state index in [1.54, 1.807) is 0 Å². The summed E-state index contributed by atoms with van der Waals surface area (Å²) >= 11 is 0. The number of alkyl carbamates (subject to hydrolysis) is 1. The molecule has 20 heavy (non-hydrogen) atoms. The quantitative estimate of drug-likeness (QED) is 0.775. The summed E-state index contributed by atoms with van der Waals surface area (Å²) in [5.41, 5.74) is 1.67. The van der Waals surface area contributed by atoms with Crippen LogP contribution in [0.15, 0.2) is 24.3 Å². The monoisotopic (exact) mass is 278 g/mol. The van der Waals surface area contributed by atoms with Gasteiger partial charge in [-0.3, -0.25) is 0 Å². The van der Waals surface area contributed by atoms with Gasteiger partial charge in [0.25, 0.3) is 0 Å². The highest BCUT2D eigenvalue weighted by Crippen LogP contribution is 2.11. The van der Waals surface area contributed by atoms with E-state index in [4.69, 9.17) is 4.74 Å². The third kappa shape index (κ3) is 7.02. The summed E-state index contributed by atoms with van der Waals surface area (Å²) in [7, 11) is 0. The maximum atomic E-state index is 11.6. The van der Waals surface area contributed by atoms with Crippen LogP contribution in [-0.2, 0) is 11.3 Å². The number of nitrogens with one attached hydrogen (secondary N) is 2. The van der Waals surface area contributed by atoms with E-state index in [-0.39, 0.29) is 6.09 Å². The summed E-state index contributed by atoms with van der Waals surface area (Å²) < 4.78 is 5.20. The fourth-order valence-corrected chi connectivity index (χ4v) is 1.69. The van der Waals surface area contributed by atoms with Crippen LogP contribution < -0.4 is 10.6 Å². The van der Waals surface area contributed by atoms with Crippen molar-refractivity contribution in [3.63, 3.8) is 0 Å². The van der Waals surface area contributed by atoms with Crippen molar-refractivity contribution in [2.45, 2.75) is 52.7 Å². The number of rotatable bonds is 6. The lowest BCUT2D eigenvalue weighted by Crippen LogP contribution is -2.32. The number of hydrogen-bond acceptors (Lipinski definition) is 3. The minimum Gasteiger partial charge on any atom is -0.444 e. The van der Waals surface area contributed by atoms with Gasteiger partial charge in [0.15, 0.2) is 0 Å². The summed E-state index contributed by atoms with van der Waals surface area (Å²) in [6.07, 6.45) is 1.94. The standard InChI is InChI=1S/C16H26N2O2/c1-5-6-10-17-14-9-7-8-13(11-14)12-18-15(19)20-16(2,3)4/h7-9,11,17H,5-6,10,12H2,1-4H3,(H,18,19). The topological polar surface area (TPSA) is 50.4 Å². The van der Waals surface area contributed by atoms with E-state index in [2.05, 4.69) is 17.6 Å². The number of anilines is 1. The van der Waals surface area contributed by atoms with Crippen LogP contribution in [0.25, 0.3) is 0 Å². The Morgan fingerprint density at radius 2 is 2.05 bits per heavy atom. The van der Waals surface area contributed by atoms with E-state index in [0.29, 0.717) is 6.54 Å². The minimum atomic E-state index is -0.465. The molecule has 0 aliphatic carbocycles. The lowest BCUT2D eigenvalue weighted by atomic mass is 10.2. The molecule has 0 bridgehead atoms. The molecular weight excluding hydrogens is 252 g/mol. The molecule has 0 heterocycles. The van der Waals surface area contributed by atoms with Crippen LogP contribution in [0.5, 0.6) is 0 Å². The first-order valence-corrected chi connectivity index (χ1v) is 7.20. The van der Waals surface area contributed by atoms with Crippen LogP contribution in [0.4, 0.5) is 10.5 Å². The minimum absolute atomic E-state index is 0.387. The van der Waals surface area contributed by atoms with Gasteiger partial charge in [0, 0.05) is 18.8 Å². The smallest absolute Gasteiger partial charge is 0.407 e. The van der Waals surface area contributed by atoms with Crippen molar-refractivity contribution in [3.8, 4) is 0 Å². The molecule has 0 unspecified atom stereocenters. The second-order valence-electron chi connectivity index (χ2n) is 5.84. The third-order valence-corrected chi connectivity index (χ3v) is 2.62. The number of hydrogen-bond donors (Lipinski definition) is 2. The van der Waals surface area contributed by atoms with Gasteiger partial charge >= 0.3 is 6.09 Å². The summed E-state index contributed by atoms with van der Waals surface area (Å²) in [6, 6.07) is 8.06. The van der Waals surface area contributed by atoms with Gasteiger partial charge in [-0.1, -0.05) is 25.5 Å². The number of ether oxygens (including phenoxy) is 1. The molecule has 0 fully saturated rings. The Bertz CT molecular complexity index is 425. The van der Waals surface area contributed by atoms with Gasteiger partial charge in [0.1, 0.15) is 5.60 Å². The van der Waals surface area contributed by atoms with Gasteiger partial charge in [0.2, 0.25) is 0 Å². The number of benzene rings is 1. The number of unbranched alkanes of at least 4 members (excludes halogenated alkanes) is 1. The highest BCUT2D eigenvalue weighted by atomic mass is 16.6.